The highest BCUT2D eigenvalue weighted by molar-refractivity contribution is 5.68. The van der Waals surface area contributed by atoms with Gasteiger partial charge in [-0.3, -0.25) is 0 Å². The number of ether oxygens (including phenoxy) is 1. The Kier molecular flexibility index (Phi) is 8.51. The Morgan fingerprint density at radius 2 is 1.88 bits per heavy atom. The van der Waals surface area contributed by atoms with Crippen molar-refractivity contribution in [3.63, 3.8) is 0 Å². The van der Waals surface area contributed by atoms with E-state index in [1.807, 2.05) is 25.7 Å². The summed E-state index contributed by atoms with van der Waals surface area (Å²) in [6.45, 7) is 18.7. The lowest BCUT2D eigenvalue weighted by atomic mass is 10.1. The van der Waals surface area contributed by atoms with Crippen molar-refractivity contribution in [2.24, 2.45) is 0 Å². The first-order chi connectivity index (χ1) is 11.2. The van der Waals surface area contributed by atoms with Crippen LogP contribution >= 0.6 is 0 Å². The largest absolute Gasteiger partial charge is 0.444 e. The third-order valence-electron chi connectivity index (χ3n) is 4.63. The topological polar surface area (TPSA) is 44.8 Å². The Labute approximate surface area is 149 Å². The molecule has 3 atom stereocenters. The van der Waals surface area contributed by atoms with Crippen molar-refractivity contribution in [2.75, 3.05) is 26.2 Å². The Hall–Kier alpha value is -0.810. The molecule has 5 heteroatoms. The Balaban J connectivity index is 2.47. The molecular formula is C19H39N3O2. The SMILES string of the molecule is CCN(CC)CC(C)NC(C)CC1CCCN1C(=O)OC(C)(C)C. The van der Waals surface area contributed by atoms with E-state index < -0.39 is 5.60 Å². The van der Waals surface area contributed by atoms with Gasteiger partial charge in [-0.15, -0.1) is 0 Å². The van der Waals surface area contributed by atoms with Gasteiger partial charge in [-0.25, -0.2) is 4.79 Å². The molecule has 0 bridgehead atoms. The van der Waals surface area contributed by atoms with Crippen LogP contribution in [0.3, 0.4) is 0 Å². The molecule has 1 aliphatic rings. The lowest BCUT2D eigenvalue weighted by molar-refractivity contribution is 0.0214. The number of amides is 1. The van der Waals surface area contributed by atoms with E-state index in [2.05, 4.69) is 37.9 Å². The summed E-state index contributed by atoms with van der Waals surface area (Å²) in [5, 5.41) is 3.69. The van der Waals surface area contributed by atoms with Crippen LogP contribution in [0.25, 0.3) is 0 Å². The molecule has 142 valence electrons. The molecule has 1 aliphatic heterocycles. The van der Waals surface area contributed by atoms with E-state index in [4.69, 9.17) is 4.74 Å². The van der Waals surface area contributed by atoms with Crippen molar-refractivity contribution in [1.29, 1.82) is 0 Å². The van der Waals surface area contributed by atoms with Crippen LogP contribution in [-0.4, -0.2) is 65.8 Å². The van der Waals surface area contributed by atoms with Crippen LogP contribution in [0.4, 0.5) is 4.79 Å². The highest BCUT2D eigenvalue weighted by atomic mass is 16.6. The maximum atomic E-state index is 12.4. The molecule has 0 radical (unpaired) electrons. The molecule has 5 nitrogen and oxygen atoms in total. The molecule has 0 aromatic rings. The summed E-state index contributed by atoms with van der Waals surface area (Å²) in [6, 6.07) is 1.14. The predicted molar refractivity (Wildman–Crippen MR) is 100 cm³/mol. The van der Waals surface area contributed by atoms with Crippen molar-refractivity contribution in [3.05, 3.63) is 0 Å². The summed E-state index contributed by atoms with van der Waals surface area (Å²) in [6.07, 6.45) is 2.98. The standard InChI is InChI=1S/C19H39N3O2/c1-8-21(9-2)14-16(4)20-15(3)13-17-11-10-12-22(17)18(23)24-19(5,6)7/h15-17,20H,8-14H2,1-7H3. The molecule has 24 heavy (non-hydrogen) atoms. The third-order valence-corrected chi connectivity index (χ3v) is 4.63. The number of hydrogen-bond acceptors (Lipinski definition) is 4. The second-order valence-corrected chi connectivity index (χ2v) is 8.16. The number of rotatable bonds is 8. The number of nitrogens with zero attached hydrogens (tertiary/aromatic N) is 2. The van der Waals surface area contributed by atoms with Crippen molar-refractivity contribution < 1.29 is 9.53 Å². The van der Waals surface area contributed by atoms with E-state index in [0.29, 0.717) is 18.1 Å². The molecule has 0 aromatic heterocycles. The summed E-state index contributed by atoms with van der Waals surface area (Å²) in [5.41, 5.74) is -0.424. The number of likely N-dealkylation sites (tertiary alicyclic amines) is 1. The lowest BCUT2D eigenvalue weighted by Gasteiger charge is -2.31. The van der Waals surface area contributed by atoms with Crippen LogP contribution in [0, 0.1) is 0 Å². The average molecular weight is 342 g/mol. The van der Waals surface area contributed by atoms with E-state index in [1.165, 1.54) is 0 Å². The normalized spacial score (nSPS) is 21.2. The van der Waals surface area contributed by atoms with Gasteiger partial charge in [-0.1, -0.05) is 13.8 Å². The summed E-state index contributed by atoms with van der Waals surface area (Å²) >= 11 is 0. The maximum Gasteiger partial charge on any atom is 0.410 e. The Morgan fingerprint density at radius 1 is 1.25 bits per heavy atom. The fourth-order valence-corrected chi connectivity index (χ4v) is 3.53. The van der Waals surface area contributed by atoms with Crippen LogP contribution in [0.5, 0.6) is 0 Å². The van der Waals surface area contributed by atoms with Gasteiger partial charge in [0, 0.05) is 31.2 Å². The number of carbonyl (C=O) groups excluding carboxylic acids is 1. The summed E-state index contributed by atoms with van der Waals surface area (Å²) in [5.74, 6) is 0. The monoisotopic (exact) mass is 341 g/mol. The van der Waals surface area contributed by atoms with Crippen LogP contribution in [0.15, 0.2) is 0 Å². The van der Waals surface area contributed by atoms with Crippen molar-refractivity contribution in [3.8, 4) is 0 Å². The minimum Gasteiger partial charge on any atom is -0.444 e. The van der Waals surface area contributed by atoms with Crippen LogP contribution in [0.2, 0.25) is 0 Å². The summed E-state index contributed by atoms with van der Waals surface area (Å²) < 4.78 is 5.56. The molecule has 3 unspecified atom stereocenters. The summed E-state index contributed by atoms with van der Waals surface area (Å²) in [4.78, 5) is 16.7. The highest BCUT2D eigenvalue weighted by Crippen LogP contribution is 2.24. The molecule has 1 amide bonds. The lowest BCUT2D eigenvalue weighted by Crippen LogP contribution is -2.46. The minimum atomic E-state index is -0.424. The van der Waals surface area contributed by atoms with Gasteiger partial charge in [0.25, 0.3) is 0 Å². The second-order valence-electron chi connectivity index (χ2n) is 8.16. The van der Waals surface area contributed by atoms with Gasteiger partial charge in [0.2, 0.25) is 0 Å². The van der Waals surface area contributed by atoms with E-state index in [-0.39, 0.29) is 6.09 Å². The van der Waals surface area contributed by atoms with Gasteiger partial charge < -0.3 is 19.9 Å². The number of hydrogen-bond donors (Lipinski definition) is 1. The first-order valence-corrected chi connectivity index (χ1v) is 9.64. The van der Waals surface area contributed by atoms with Crippen LogP contribution in [-0.2, 0) is 4.74 Å². The summed E-state index contributed by atoms with van der Waals surface area (Å²) in [7, 11) is 0. The quantitative estimate of drug-likeness (QED) is 0.734. The smallest absolute Gasteiger partial charge is 0.410 e. The predicted octanol–water partition coefficient (Wildman–Crippen LogP) is 3.48. The second kappa shape index (κ2) is 9.62. The van der Waals surface area contributed by atoms with Gasteiger partial charge in [0.05, 0.1) is 0 Å². The van der Waals surface area contributed by atoms with E-state index in [9.17, 15) is 4.79 Å². The van der Waals surface area contributed by atoms with Crippen LogP contribution in [0.1, 0.15) is 67.7 Å². The minimum absolute atomic E-state index is 0.159. The molecule has 0 aliphatic carbocycles. The fourth-order valence-electron chi connectivity index (χ4n) is 3.53. The van der Waals surface area contributed by atoms with E-state index >= 15 is 0 Å². The van der Waals surface area contributed by atoms with Crippen molar-refractivity contribution >= 4 is 6.09 Å². The number of nitrogens with one attached hydrogen (secondary N) is 1. The molecule has 1 heterocycles. The number of carbonyl (C=O) groups is 1. The molecule has 0 saturated carbocycles. The fraction of sp³-hybridized carbons (Fsp3) is 0.947. The van der Waals surface area contributed by atoms with Gasteiger partial charge in [0.15, 0.2) is 0 Å². The van der Waals surface area contributed by atoms with Crippen LogP contribution < -0.4 is 5.32 Å². The zero-order chi connectivity index (χ0) is 18.3. The molecule has 1 saturated heterocycles. The van der Waals surface area contributed by atoms with Gasteiger partial charge in [-0.05, 0) is 67.0 Å². The zero-order valence-corrected chi connectivity index (χ0v) is 16.9. The Bertz CT molecular complexity index is 377. The maximum absolute atomic E-state index is 12.4. The molecular weight excluding hydrogens is 302 g/mol. The highest BCUT2D eigenvalue weighted by Gasteiger charge is 2.33. The first kappa shape index (κ1) is 21.2. The first-order valence-electron chi connectivity index (χ1n) is 9.64. The van der Waals surface area contributed by atoms with Gasteiger partial charge in [-0.2, -0.15) is 0 Å². The van der Waals surface area contributed by atoms with Crippen molar-refractivity contribution in [2.45, 2.75) is 91.5 Å². The number of likely N-dealkylation sites (N-methyl/N-ethyl adjacent to an activating group) is 1. The Morgan fingerprint density at radius 3 is 2.42 bits per heavy atom. The van der Waals surface area contributed by atoms with Gasteiger partial charge in [0.1, 0.15) is 5.60 Å². The molecule has 0 aromatic carbocycles. The molecule has 1 fully saturated rings. The van der Waals surface area contributed by atoms with E-state index in [1.54, 1.807) is 0 Å². The van der Waals surface area contributed by atoms with E-state index in [0.717, 1.165) is 45.4 Å². The van der Waals surface area contributed by atoms with Gasteiger partial charge >= 0.3 is 6.09 Å². The third kappa shape index (κ3) is 7.39. The molecule has 1 N–H and O–H groups in total. The zero-order valence-electron chi connectivity index (χ0n) is 16.9. The average Bonchev–Trinajstić information content (AvgIpc) is 2.90. The molecule has 0 spiro atoms. The molecule has 1 rings (SSSR count). The van der Waals surface area contributed by atoms with Crippen molar-refractivity contribution in [1.82, 2.24) is 15.1 Å².